The van der Waals surface area contributed by atoms with Crippen LogP contribution < -0.4 is 29.6 Å². The van der Waals surface area contributed by atoms with E-state index >= 15 is 0 Å². The van der Waals surface area contributed by atoms with Crippen LogP contribution in [0.15, 0.2) is 0 Å². The van der Waals surface area contributed by atoms with E-state index in [4.69, 9.17) is 9.90 Å². The summed E-state index contributed by atoms with van der Waals surface area (Å²) in [4.78, 5) is 8.36. The zero-order chi connectivity index (χ0) is 6.12. The van der Waals surface area contributed by atoms with Gasteiger partial charge in [-0.2, -0.15) is 6.42 Å². The van der Waals surface area contributed by atoms with Gasteiger partial charge >= 0.3 is 29.6 Å². The number of hydrogen-bond acceptors (Lipinski definition) is 1. The van der Waals surface area contributed by atoms with Crippen LogP contribution in [0.4, 0.5) is 0 Å². The molecule has 0 aromatic carbocycles. The van der Waals surface area contributed by atoms with Crippen LogP contribution in [-0.4, -0.2) is 11.6 Å². The fourth-order valence-electron chi connectivity index (χ4n) is 0. The predicted octanol–water partition coefficient (Wildman–Crippen LogP) is -1.67. The molecular weight excluding hydrogens is 115 g/mol. The smallest absolute Gasteiger partial charge is 0.483 e. The summed E-state index contributed by atoms with van der Waals surface area (Å²) >= 11 is 0. The van der Waals surface area contributed by atoms with Crippen molar-refractivity contribution in [2.24, 2.45) is 0 Å². The van der Waals surface area contributed by atoms with E-state index in [0.717, 1.165) is 6.42 Å². The molecule has 0 saturated carbocycles. The van der Waals surface area contributed by atoms with Crippen LogP contribution in [-0.2, 0) is 4.79 Å². The SMILES string of the molecule is O=CO.[CH2-]CCC.[Na+]. The number of unbranched alkanes of at least 4 members (excludes halogenated alkanes) is 1. The van der Waals surface area contributed by atoms with E-state index in [9.17, 15) is 0 Å². The molecule has 0 spiro atoms. The van der Waals surface area contributed by atoms with Crippen LogP contribution in [0.5, 0.6) is 0 Å². The van der Waals surface area contributed by atoms with E-state index in [1.165, 1.54) is 6.42 Å². The number of carboxylic acid groups (broad SMARTS) is 1. The summed E-state index contributed by atoms with van der Waals surface area (Å²) in [5, 5.41) is 6.89. The molecule has 0 aliphatic carbocycles. The maximum Gasteiger partial charge on any atom is 1.00 e. The van der Waals surface area contributed by atoms with Gasteiger partial charge in [-0.05, 0) is 0 Å². The molecule has 0 amide bonds. The molecule has 0 atom stereocenters. The van der Waals surface area contributed by atoms with Crippen molar-refractivity contribution in [1.29, 1.82) is 0 Å². The average molecular weight is 126 g/mol. The van der Waals surface area contributed by atoms with Crippen molar-refractivity contribution in [2.45, 2.75) is 19.8 Å². The maximum absolute atomic E-state index is 8.36. The zero-order valence-electron chi connectivity index (χ0n) is 5.55. The van der Waals surface area contributed by atoms with Gasteiger partial charge in [0.1, 0.15) is 0 Å². The van der Waals surface area contributed by atoms with E-state index in [2.05, 4.69) is 13.8 Å². The second kappa shape index (κ2) is 26.0. The van der Waals surface area contributed by atoms with Crippen molar-refractivity contribution in [1.82, 2.24) is 0 Å². The van der Waals surface area contributed by atoms with Crippen molar-refractivity contribution >= 4 is 6.47 Å². The van der Waals surface area contributed by atoms with E-state index in [0.29, 0.717) is 0 Å². The van der Waals surface area contributed by atoms with Crippen molar-refractivity contribution in [3.8, 4) is 0 Å². The Kier molecular flexibility index (Phi) is 51.3. The molecule has 0 unspecified atom stereocenters. The van der Waals surface area contributed by atoms with Crippen molar-refractivity contribution in [3.05, 3.63) is 6.92 Å². The number of rotatable bonds is 1. The molecule has 0 rings (SSSR count). The molecule has 1 N–H and O–H groups in total. The summed E-state index contributed by atoms with van der Waals surface area (Å²) in [5.41, 5.74) is 0. The summed E-state index contributed by atoms with van der Waals surface area (Å²) in [6.07, 6.45) is 2.28. The van der Waals surface area contributed by atoms with Gasteiger partial charge < -0.3 is 12.0 Å². The molecule has 8 heavy (non-hydrogen) atoms. The van der Waals surface area contributed by atoms with E-state index in [-0.39, 0.29) is 36.0 Å². The third-order valence-corrected chi connectivity index (χ3v) is 0.354. The van der Waals surface area contributed by atoms with Crippen LogP contribution in [0.3, 0.4) is 0 Å². The van der Waals surface area contributed by atoms with Crippen LogP contribution in [0.1, 0.15) is 19.8 Å². The molecule has 0 heterocycles. The summed E-state index contributed by atoms with van der Waals surface area (Å²) in [5.74, 6) is 0. The monoisotopic (exact) mass is 126 g/mol. The van der Waals surface area contributed by atoms with Gasteiger partial charge in [0.2, 0.25) is 0 Å². The van der Waals surface area contributed by atoms with Crippen molar-refractivity contribution in [3.63, 3.8) is 0 Å². The molecule has 0 aliphatic rings. The van der Waals surface area contributed by atoms with Crippen molar-refractivity contribution < 1.29 is 39.5 Å². The Morgan fingerprint density at radius 3 is 1.88 bits per heavy atom. The Hall–Kier alpha value is 0.470. The molecule has 0 fully saturated rings. The molecule has 0 radical (unpaired) electrons. The topological polar surface area (TPSA) is 37.3 Å². The summed E-state index contributed by atoms with van der Waals surface area (Å²) < 4.78 is 0. The Morgan fingerprint density at radius 2 is 1.88 bits per heavy atom. The second-order valence-electron chi connectivity index (χ2n) is 0.959. The van der Waals surface area contributed by atoms with Gasteiger partial charge in [0.15, 0.2) is 0 Å². The second-order valence-corrected chi connectivity index (χ2v) is 0.959. The van der Waals surface area contributed by atoms with Gasteiger partial charge in [-0.25, -0.2) is 0 Å². The van der Waals surface area contributed by atoms with Gasteiger partial charge in [0.25, 0.3) is 6.47 Å². The molecule has 0 bridgehead atoms. The van der Waals surface area contributed by atoms with Gasteiger partial charge in [0.05, 0.1) is 0 Å². The summed E-state index contributed by atoms with van der Waals surface area (Å²) in [7, 11) is 0. The molecule has 0 aromatic heterocycles. The summed E-state index contributed by atoms with van der Waals surface area (Å²) in [6.45, 7) is 5.47. The molecule has 0 aromatic rings. The normalized spacial score (nSPS) is 5.25. The van der Waals surface area contributed by atoms with Gasteiger partial charge in [0, 0.05) is 0 Å². The first-order chi connectivity index (χ1) is 3.33. The molecular formula is C5H11NaO2. The first-order valence-corrected chi connectivity index (χ1v) is 2.20. The standard InChI is InChI=1S/C4H9.CH2O2.Na/c1-3-4-2;2-1-3;/h1,3-4H2,2H3;1H,(H,2,3);/q-1;;+1. The minimum Gasteiger partial charge on any atom is -0.483 e. The van der Waals surface area contributed by atoms with Crippen LogP contribution in [0, 0.1) is 6.92 Å². The Labute approximate surface area is 72.6 Å². The zero-order valence-corrected chi connectivity index (χ0v) is 7.55. The average Bonchev–Trinajstić information content (AvgIpc) is 1.69. The third kappa shape index (κ3) is 89.6. The molecule has 2 nitrogen and oxygen atoms in total. The largest absolute Gasteiger partial charge is 1.00 e. The van der Waals surface area contributed by atoms with E-state index < -0.39 is 0 Å². The van der Waals surface area contributed by atoms with Crippen LogP contribution >= 0.6 is 0 Å². The van der Waals surface area contributed by atoms with Crippen LogP contribution in [0.2, 0.25) is 0 Å². The fraction of sp³-hybridized carbons (Fsp3) is 0.600. The predicted molar refractivity (Wildman–Crippen MR) is 29.0 cm³/mol. The van der Waals surface area contributed by atoms with Crippen LogP contribution in [0.25, 0.3) is 0 Å². The molecule has 44 valence electrons. The first-order valence-electron chi connectivity index (χ1n) is 2.20. The summed E-state index contributed by atoms with van der Waals surface area (Å²) in [6, 6.07) is 0. The third-order valence-electron chi connectivity index (χ3n) is 0.354. The van der Waals surface area contributed by atoms with E-state index in [1.807, 2.05) is 0 Å². The maximum atomic E-state index is 8.36. The van der Waals surface area contributed by atoms with Crippen molar-refractivity contribution in [2.75, 3.05) is 0 Å². The molecule has 0 aliphatic heterocycles. The molecule has 3 heteroatoms. The van der Waals surface area contributed by atoms with E-state index in [1.54, 1.807) is 0 Å². The Bertz CT molecular complexity index is 29.6. The Morgan fingerprint density at radius 1 is 1.75 bits per heavy atom. The Balaban J connectivity index is -0.0000000575. The minimum absolute atomic E-state index is 0. The fourth-order valence-corrected chi connectivity index (χ4v) is 0. The quantitative estimate of drug-likeness (QED) is 0.259. The van der Waals surface area contributed by atoms with Gasteiger partial charge in [-0.3, -0.25) is 4.79 Å². The number of carbonyl (C=O) groups is 1. The van der Waals surface area contributed by atoms with Gasteiger partial charge in [-0.1, -0.05) is 13.3 Å². The first kappa shape index (κ1) is 15.8. The minimum atomic E-state index is -0.250. The molecule has 0 saturated heterocycles. The number of hydrogen-bond donors (Lipinski definition) is 1. The van der Waals surface area contributed by atoms with Gasteiger partial charge in [-0.15, -0.1) is 0 Å².